The number of aryl methyl sites for hydroxylation is 2. The molecule has 1 aromatic heterocycles. The molecule has 0 saturated carbocycles. The van der Waals surface area contributed by atoms with E-state index < -0.39 is 0 Å². The Morgan fingerprint density at radius 3 is 2.60 bits per heavy atom. The fraction of sp³-hybridized carbons (Fsp3) is 0.214. The number of benzene rings is 1. The molecule has 1 amide bonds. The zero-order chi connectivity index (χ0) is 14.5. The number of aromatic nitrogens is 2. The van der Waals surface area contributed by atoms with Crippen molar-refractivity contribution in [1.29, 1.82) is 0 Å². The van der Waals surface area contributed by atoms with Gasteiger partial charge in [-0.25, -0.2) is 9.97 Å². The molecule has 0 aliphatic rings. The van der Waals surface area contributed by atoms with E-state index in [9.17, 15) is 4.79 Å². The Morgan fingerprint density at radius 1 is 1.25 bits per heavy atom. The van der Waals surface area contributed by atoms with Crippen LogP contribution in [0.4, 0.5) is 5.95 Å². The van der Waals surface area contributed by atoms with Crippen LogP contribution in [0.15, 0.2) is 35.1 Å². The van der Waals surface area contributed by atoms with Gasteiger partial charge in [0, 0.05) is 12.4 Å². The molecule has 2 aromatic rings. The Labute approximate surface area is 125 Å². The summed E-state index contributed by atoms with van der Waals surface area (Å²) in [6, 6.07) is 5.70. The van der Waals surface area contributed by atoms with Crippen LogP contribution >= 0.6 is 15.9 Å². The Balaban J connectivity index is 1.88. The quantitative estimate of drug-likeness (QED) is 0.932. The van der Waals surface area contributed by atoms with Gasteiger partial charge in [-0.15, -0.1) is 0 Å². The van der Waals surface area contributed by atoms with Crippen molar-refractivity contribution < 1.29 is 9.53 Å². The molecule has 0 unspecified atom stereocenters. The second-order valence-corrected chi connectivity index (χ2v) is 5.22. The second kappa shape index (κ2) is 6.47. The molecule has 0 aliphatic heterocycles. The van der Waals surface area contributed by atoms with Gasteiger partial charge in [-0.2, -0.15) is 0 Å². The van der Waals surface area contributed by atoms with E-state index >= 15 is 0 Å². The van der Waals surface area contributed by atoms with Crippen molar-refractivity contribution in [2.24, 2.45) is 0 Å². The number of anilines is 1. The number of carbonyl (C=O) groups is 1. The Morgan fingerprint density at radius 2 is 1.95 bits per heavy atom. The van der Waals surface area contributed by atoms with Crippen molar-refractivity contribution in [2.45, 2.75) is 13.8 Å². The average molecular weight is 336 g/mol. The van der Waals surface area contributed by atoms with Crippen LogP contribution < -0.4 is 10.1 Å². The highest BCUT2D eigenvalue weighted by molar-refractivity contribution is 9.10. The Kier molecular flexibility index (Phi) is 4.68. The van der Waals surface area contributed by atoms with Crippen molar-refractivity contribution >= 4 is 27.8 Å². The van der Waals surface area contributed by atoms with Gasteiger partial charge >= 0.3 is 0 Å². The number of halogens is 1. The third-order valence-corrected chi connectivity index (χ3v) is 3.13. The first-order valence-electron chi connectivity index (χ1n) is 6.02. The first-order valence-corrected chi connectivity index (χ1v) is 6.81. The summed E-state index contributed by atoms with van der Waals surface area (Å²) in [5, 5.41) is 2.56. The monoisotopic (exact) mass is 335 g/mol. The predicted molar refractivity (Wildman–Crippen MR) is 79.8 cm³/mol. The van der Waals surface area contributed by atoms with Crippen molar-refractivity contribution in [1.82, 2.24) is 9.97 Å². The molecule has 0 aliphatic carbocycles. The van der Waals surface area contributed by atoms with Gasteiger partial charge in [-0.05, 0) is 53.0 Å². The highest BCUT2D eigenvalue weighted by Gasteiger charge is 2.06. The molecule has 5 nitrogen and oxygen atoms in total. The maximum atomic E-state index is 11.7. The highest BCUT2D eigenvalue weighted by Crippen LogP contribution is 2.16. The maximum Gasteiger partial charge on any atom is 0.264 e. The molecular weight excluding hydrogens is 322 g/mol. The third-order valence-electron chi connectivity index (χ3n) is 2.72. The van der Waals surface area contributed by atoms with Crippen LogP contribution in [0.25, 0.3) is 0 Å². The number of carbonyl (C=O) groups excluding carboxylic acids is 1. The molecule has 104 valence electrons. The lowest BCUT2D eigenvalue weighted by Crippen LogP contribution is -2.21. The van der Waals surface area contributed by atoms with E-state index in [1.165, 1.54) is 5.56 Å². The molecule has 0 spiro atoms. The summed E-state index contributed by atoms with van der Waals surface area (Å²) < 4.78 is 6.17. The van der Waals surface area contributed by atoms with E-state index in [4.69, 9.17) is 4.74 Å². The summed E-state index contributed by atoms with van der Waals surface area (Å²) in [4.78, 5) is 19.6. The molecule has 0 bridgehead atoms. The summed E-state index contributed by atoms with van der Waals surface area (Å²) in [5.74, 6) is 0.618. The van der Waals surface area contributed by atoms with Gasteiger partial charge in [0.1, 0.15) is 5.75 Å². The number of ether oxygens (including phenoxy) is 1. The molecule has 0 saturated heterocycles. The average Bonchev–Trinajstić information content (AvgIpc) is 2.43. The van der Waals surface area contributed by atoms with E-state index in [0.29, 0.717) is 5.75 Å². The minimum Gasteiger partial charge on any atom is -0.484 e. The minimum atomic E-state index is -0.300. The molecule has 2 rings (SSSR count). The number of rotatable bonds is 4. The molecule has 1 heterocycles. The third kappa shape index (κ3) is 4.03. The molecule has 1 aromatic carbocycles. The molecule has 6 heteroatoms. The summed E-state index contributed by atoms with van der Waals surface area (Å²) in [6.45, 7) is 3.94. The zero-order valence-electron chi connectivity index (χ0n) is 11.2. The summed E-state index contributed by atoms with van der Waals surface area (Å²) in [7, 11) is 0. The fourth-order valence-corrected chi connectivity index (χ4v) is 1.69. The number of hydrogen-bond donors (Lipinski definition) is 1. The van der Waals surface area contributed by atoms with Gasteiger partial charge in [-0.1, -0.05) is 6.07 Å². The van der Waals surface area contributed by atoms with Crippen LogP contribution in [0.1, 0.15) is 11.1 Å². The second-order valence-electron chi connectivity index (χ2n) is 4.31. The van der Waals surface area contributed by atoms with Gasteiger partial charge < -0.3 is 4.74 Å². The lowest BCUT2D eigenvalue weighted by atomic mass is 10.1. The maximum absolute atomic E-state index is 11.7. The fourth-order valence-electron chi connectivity index (χ4n) is 1.49. The van der Waals surface area contributed by atoms with E-state index in [-0.39, 0.29) is 18.5 Å². The molecule has 0 fully saturated rings. The van der Waals surface area contributed by atoms with Crippen LogP contribution in [-0.2, 0) is 4.79 Å². The zero-order valence-corrected chi connectivity index (χ0v) is 12.8. The van der Waals surface area contributed by atoms with Crippen molar-refractivity contribution in [3.05, 3.63) is 46.2 Å². The topological polar surface area (TPSA) is 64.1 Å². The van der Waals surface area contributed by atoms with Crippen molar-refractivity contribution in [3.63, 3.8) is 0 Å². The largest absolute Gasteiger partial charge is 0.484 e. The SMILES string of the molecule is Cc1ccc(OCC(=O)Nc2ncc(Br)cn2)cc1C. The van der Waals surface area contributed by atoms with Crippen molar-refractivity contribution in [2.75, 3.05) is 11.9 Å². The van der Waals surface area contributed by atoms with E-state index in [2.05, 4.69) is 31.2 Å². The number of nitrogens with zero attached hydrogens (tertiary/aromatic N) is 2. The molecule has 0 atom stereocenters. The summed E-state index contributed by atoms with van der Waals surface area (Å²) >= 11 is 3.22. The van der Waals surface area contributed by atoms with Crippen LogP contribution in [-0.4, -0.2) is 22.5 Å². The lowest BCUT2D eigenvalue weighted by Gasteiger charge is -2.08. The van der Waals surface area contributed by atoms with Crippen LogP contribution in [0, 0.1) is 13.8 Å². The molecule has 0 radical (unpaired) electrons. The van der Waals surface area contributed by atoms with Gasteiger partial charge in [0.25, 0.3) is 5.91 Å². The normalized spacial score (nSPS) is 10.2. The lowest BCUT2D eigenvalue weighted by molar-refractivity contribution is -0.118. The predicted octanol–water partition coefficient (Wildman–Crippen LogP) is 2.87. The smallest absolute Gasteiger partial charge is 0.264 e. The molecular formula is C14H14BrN3O2. The number of nitrogens with one attached hydrogen (secondary N) is 1. The van der Waals surface area contributed by atoms with Crippen LogP contribution in [0.2, 0.25) is 0 Å². The Bertz CT molecular complexity index is 614. The first kappa shape index (κ1) is 14.5. The standard InChI is InChI=1S/C14H14BrN3O2/c1-9-3-4-12(5-10(9)2)20-8-13(19)18-14-16-6-11(15)7-17-14/h3-7H,8H2,1-2H3,(H,16,17,18,19). The van der Waals surface area contributed by atoms with Crippen LogP contribution in [0.3, 0.4) is 0 Å². The van der Waals surface area contributed by atoms with Crippen LogP contribution in [0.5, 0.6) is 5.75 Å². The molecule has 1 N–H and O–H groups in total. The van der Waals surface area contributed by atoms with Gasteiger partial charge in [0.15, 0.2) is 6.61 Å². The number of hydrogen-bond acceptors (Lipinski definition) is 4. The summed E-state index contributed by atoms with van der Waals surface area (Å²) in [5.41, 5.74) is 2.31. The molecule has 20 heavy (non-hydrogen) atoms. The first-order chi connectivity index (χ1) is 9.54. The minimum absolute atomic E-state index is 0.0814. The highest BCUT2D eigenvalue weighted by atomic mass is 79.9. The van der Waals surface area contributed by atoms with Gasteiger partial charge in [-0.3, -0.25) is 10.1 Å². The van der Waals surface area contributed by atoms with E-state index in [1.807, 2.05) is 32.0 Å². The van der Waals surface area contributed by atoms with E-state index in [0.717, 1.165) is 10.0 Å². The van der Waals surface area contributed by atoms with Gasteiger partial charge in [0.2, 0.25) is 5.95 Å². The Hall–Kier alpha value is -1.95. The van der Waals surface area contributed by atoms with Gasteiger partial charge in [0.05, 0.1) is 4.47 Å². The van der Waals surface area contributed by atoms with Crippen molar-refractivity contribution in [3.8, 4) is 5.75 Å². The summed E-state index contributed by atoms with van der Waals surface area (Å²) in [6.07, 6.45) is 3.12. The van der Waals surface area contributed by atoms with E-state index in [1.54, 1.807) is 12.4 Å². The number of amides is 1.